The first-order chi connectivity index (χ1) is 6.06. The summed E-state index contributed by atoms with van der Waals surface area (Å²) in [6.45, 7) is 1.98. The molecule has 0 aliphatic rings. The Hall–Kier alpha value is -0.0600. The Kier molecular flexibility index (Phi) is 3.76. The summed E-state index contributed by atoms with van der Waals surface area (Å²) in [4.78, 5) is 0. The molecule has 0 aliphatic heterocycles. The van der Waals surface area contributed by atoms with Crippen molar-refractivity contribution in [2.24, 2.45) is 5.73 Å². The normalized spacial score (nSPS) is 12.9. The third-order valence-electron chi connectivity index (χ3n) is 1.88. The average molecular weight is 309 g/mol. The van der Waals surface area contributed by atoms with Crippen LogP contribution in [-0.4, -0.2) is 5.11 Å². The van der Waals surface area contributed by atoms with Crippen molar-refractivity contribution in [1.29, 1.82) is 0 Å². The molecular formula is C9H11Br2NO. The van der Waals surface area contributed by atoms with Gasteiger partial charge < -0.3 is 10.8 Å². The maximum absolute atomic E-state index is 9.63. The standard InChI is InChI=1S/C9H11Br2NO/c1-2-7(12)9-6(11)3-5(10)4-8(9)13/h3-4,7,13H,2,12H2,1H3. The summed E-state index contributed by atoms with van der Waals surface area (Å²) in [6.07, 6.45) is 0.799. The van der Waals surface area contributed by atoms with Crippen LogP contribution in [0.5, 0.6) is 5.75 Å². The van der Waals surface area contributed by atoms with Crippen LogP contribution in [0.2, 0.25) is 0 Å². The molecule has 0 heterocycles. The van der Waals surface area contributed by atoms with Crippen LogP contribution >= 0.6 is 31.9 Å². The van der Waals surface area contributed by atoms with Gasteiger partial charge in [0.1, 0.15) is 5.75 Å². The fourth-order valence-electron chi connectivity index (χ4n) is 1.14. The van der Waals surface area contributed by atoms with E-state index < -0.39 is 0 Å². The van der Waals surface area contributed by atoms with Crippen molar-refractivity contribution in [2.75, 3.05) is 0 Å². The lowest BCUT2D eigenvalue weighted by molar-refractivity contribution is 0.459. The van der Waals surface area contributed by atoms with Crippen molar-refractivity contribution >= 4 is 31.9 Å². The highest BCUT2D eigenvalue weighted by Crippen LogP contribution is 2.34. The number of rotatable bonds is 2. The van der Waals surface area contributed by atoms with Gasteiger partial charge >= 0.3 is 0 Å². The molecule has 0 amide bonds. The third kappa shape index (κ3) is 2.45. The van der Waals surface area contributed by atoms with Crippen LogP contribution in [0.1, 0.15) is 24.9 Å². The van der Waals surface area contributed by atoms with Gasteiger partial charge in [-0.15, -0.1) is 0 Å². The molecule has 72 valence electrons. The van der Waals surface area contributed by atoms with Gasteiger partial charge in [0.05, 0.1) is 0 Å². The molecule has 1 rings (SSSR count). The van der Waals surface area contributed by atoms with Gasteiger partial charge in [-0.2, -0.15) is 0 Å². The Labute approximate surface area is 94.4 Å². The van der Waals surface area contributed by atoms with Crippen LogP contribution < -0.4 is 5.73 Å². The van der Waals surface area contributed by atoms with Gasteiger partial charge in [-0.25, -0.2) is 0 Å². The van der Waals surface area contributed by atoms with E-state index >= 15 is 0 Å². The van der Waals surface area contributed by atoms with E-state index in [2.05, 4.69) is 31.9 Å². The van der Waals surface area contributed by atoms with Crippen molar-refractivity contribution in [3.05, 3.63) is 26.6 Å². The second-order valence-corrected chi connectivity index (χ2v) is 4.61. The van der Waals surface area contributed by atoms with E-state index in [0.717, 1.165) is 20.9 Å². The highest BCUT2D eigenvalue weighted by Gasteiger charge is 2.13. The summed E-state index contributed by atoms with van der Waals surface area (Å²) >= 11 is 6.66. The predicted octanol–water partition coefficient (Wildman–Crippen LogP) is 3.33. The highest BCUT2D eigenvalue weighted by molar-refractivity contribution is 9.11. The molecule has 13 heavy (non-hydrogen) atoms. The van der Waals surface area contributed by atoms with Gasteiger partial charge in [-0.3, -0.25) is 0 Å². The first-order valence-corrected chi connectivity index (χ1v) is 5.58. The summed E-state index contributed by atoms with van der Waals surface area (Å²) in [5, 5.41) is 9.63. The fourth-order valence-corrected chi connectivity index (χ4v) is 2.64. The number of hydrogen-bond donors (Lipinski definition) is 2. The molecule has 0 aromatic heterocycles. The predicted molar refractivity (Wildman–Crippen MR) is 60.7 cm³/mol. The van der Waals surface area contributed by atoms with Gasteiger partial charge in [0.15, 0.2) is 0 Å². The van der Waals surface area contributed by atoms with E-state index in [-0.39, 0.29) is 11.8 Å². The summed E-state index contributed by atoms with van der Waals surface area (Å²) in [5.74, 6) is 0.232. The lowest BCUT2D eigenvalue weighted by atomic mass is 10.0. The molecule has 0 fully saturated rings. The van der Waals surface area contributed by atoms with Crippen molar-refractivity contribution in [1.82, 2.24) is 0 Å². The number of halogens is 2. The van der Waals surface area contributed by atoms with E-state index in [1.807, 2.05) is 13.0 Å². The molecule has 0 spiro atoms. The fraction of sp³-hybridized carbons (Fsp3) is 0.333. The topological polar surface area (TPSA) is 46.2 Å². The van der Waals surface area contributed by atoms with Crippen LogP contribution in [0.4, 0.5) is 0 Å². The Morgan fingerprint density at radius 3 is 2.54 bits per heavy atom. The minimum atomic E-state index is -0.123. The summed E-state index contributed by atoms with van der Waals surface area (Å²) in [7, 11) is 0. The quantitative estimate of drug-likeness (QED) is 0.880. The number of aromatic hydroxyl groups is 1. The molecule has 1 aromatic rings. The third-order valence-corrected chi connectivity index (χ3v) is 3.00. The summed E-state index contributed by atoms with van der Waals surface area (Å²) in [5.41, 5.74) is 6.61. The van der Waals surface area contributed by atoms with Crippen LogP contribution in [-0.2, 0) is 0 Å². The van der Waals surface area contributed by atoms with Gasteiger partial charge in [-0.05, 0) is 18.6 Å². The minimum Gasteiger partial charge on any atom is -0.508 e. The lowest BCUT2D eigenvalue weighted by Gasteiger charge is -2.13. The second-order valence-electron chi connectivity index (χ2n) is 2.84. The maximum Gasteiger partial charge on any atom is 0.122 e. The first-order valence-electron chi connectivity index (χ1n) is 3.99. The number of phenolic OH excluding ortho intramolecular Hbond substituents is 1. The Bertz CT molecular complexity index is 291. The maximum atomic E-state index is 9.63. The molecule has 0 saturated heterocycles. The number of phenols is 1. The molecular weight excluding hydrogens is 298 g/mol. The zero-order valence-corrected chi connectivity index (χ0v) is 10.4. The molecule has 2 nitrogen and oxygen atoms in total. The lowest BCUT2D eigenvalue weighted by Crippen LogP contribution is -2.09. The van der Waals surface area contributed by atoms with E-state index in [9.17, 15) is 5.11 Å². The van der Waals surface area contributed by atoms with E-state index in [1.54, 1.807) is 6.07 Å². The Morgan fingerprint density at radius 2 is 2.08 bits per heavy atom. The largest absolute Gasteiger partial charge is 0.508 e. The van der Waals surface area contributed by atoms with E-state index in [0.29, 0.717) is 0 Å². The molecule has 0 bridgehead atoms. The molecule has 3 N–H and O–H groups in total. The Balaban J connectivity index is 3.20. The van der Waals surface area contributed by atoms with Gasteiger partial charge in [-0.1, -0.05) is 38.8 Å². The van der Waals surface area contributed by atoms with Gasteiger partial charge in [0, 0.05) is 20.6 Å². The zero-order valence-electron chi connectivity index (χ0n) is 7.22. The van der Waals surface area contributed by atoms with E-state index in [1.165, 1.54) is 0 Å². The van der Waals surface area contributed by atoms with Crippen molar-refractivity contribution in [3.8, 4) is 5.75 Å². The van der Waals surface area contributed by atoms with E-state index in [4.69, 9.17) is 5.73 Å². The van der Waals surface area contributed by atoms with Crippen LogP contribution in [0.3, 0.4) is 0 Å². The average Bonchev–Trinajstić information content (AvgIpc) is 2.02. The SMILES string of the molecule is CCC(N)c1c(O)cc(Br)cc1Br. The second kappa shape index (κ2) is 4.44. The highest BCUT2D eigenvalue weighted by atomic mass is 79.9. The minimum absolute atomic E-state index is 0.123. The molecule has 1 aromatic carbocycles. The van der Waals surface area contributed by atoms with Crippen molar-refractivity contribution < 1.29 is 5.11 Å². The van der Waals surface area contributed by atoms with Crippen molar-refractivity contribution in [3.63, 3.8) is 0 Å². The van der Waals surface area contributed by atoms with Crippen LogP contribution in [0, 0.1) is 0 Å². The number of hydrogen-bond acceptors (Lipinski definition) is 2. The molecule has 0 radical (unpaired) electrons. The smallest absolute Gasteiger partial charge is 0.122 e. The Morgan fingerprint density at radius 1 is 1.46 bits per heavy atom. The number of nitrogens with two attached hydrogens (primary N) is 1. The molecule has 1 atom stereocenters. The monoisotopic (exact) mass is 307 g/mol. The number of benzene rings is 1. The molecule has 1 unspecified atom stereocenters. The van der Waals surface area contributed by atoms with Crippen molar-refractivity contribution in [2.45, 2.75) is 19.4 Å². The van der Waals surface area contributed by atoms with Crippen LogP contribution in [0.15, 0.2) is 21.1 Å². The zero-order chi connectivity index (χ0) is 10.0. The van der Waals surface area contributed by atoms with Gasteiger partial charge in [0.25, 0.3) is 0 Å². The summed E-state index contributed by atoms with van der Waals surface area (Å²) in [6, 6.07) is 3.41. The molecule has 4 heteroatoms. The first kappa shape index (κ1) is 11.0. The van der Waals surface area contributed by atoms with Gasteiger partial charge in [0.2, 0.25) is 0 Å². The summed E-state index contributed by atoms with van der Waals surface area (Å²) < 4.78 is 1.68. The molecule has 0 saturated carbocycles. The molecule has 0 aliphatic carbocycles. The van der Waals surface area contributed by atoms with Crippen LogP contribution in [0.25, 0.3) is 0 Å².